The first-order valence-corrected chi connectivity index (χ1v) is 7.07. The lowest BCUT2D eigenvalue weighted by Gasteiger charge is -2.23. The molecule has 5 heteroatoms. The van der Waals surface area contributed by atoms with Gasteiger partial charge in [0.15, 0.2) is 6.10 Å². The van der Waals surface area contributed by atoms with Gasteiger partial charge in [-0.05, 0) is 11.6 Å². The van der Waals surface area contributed by atoms with Gasteiger partial charge in [0.25, 0.3) is 0 Å². The fourth-order valence-corrected chi connectivity index (χ4v) is 2.13. The van der Waals surface area contributed by atoms with Crippen molar-refractivity contribution in [3.63, 3.8) is 0 Å². The Kier molecular flexibility index (Phi) is 4.98. The van der Waals surface area contributed by atoms with Gasteiger partial charge in [0, 0.05) is 12.5 Å². The predicted octanol–water partition coefficient (Wildman–Crippen LogP) is 2.21. The molecule has 0 bridgehead atoms. The lowest BCUT2D eigenvalue weighted by atomic mass is 9.90. The Balaban J connectivity index is 2.03. The Bertz CT molecular complexity index is 562. The molecule has 0 spiro atoms. The average molecular weight is 304 g/mol. The highest BCUT2D eigenvalue weighted by atomic mass is 16.6. The third-order valence-electron chi connectivity index (χ3n) is 3.49. The summed E-state index contributed by atoms with van der Waals surface area (Å²) in [6.45, 7) is 3.87. The van der Waals surface area contributed by atoms with Crippen LogP contribution < -0.4 is 0 Å². The van der Waals surface area contributed by atoms with E-state index < -0.39 is 29.6 Å². The van der Waals surface area contributed by atoms with Crippen LogP contribution in [0.3, 0.4) is 0 Å². The maximum atomic E-state index is 12.2. The van der Waals surface area contributed by atoms with Crippen molar-refractivity contribution in [1.82, 2.24) is 0 Å². The highest BCUT2D eigenvalue weighted by Gasteiger charge is 2.47. The number of ether oxygens (including phenoxy) is 3. The van der Waals surface area contributed by atoms with Crippen molar-refractivity contribution in [1.29, 1.82) is 0 Å². The van der Waals surface area contributed by atoms with Crippen molar-refractivity contribution >= 4 is 18.0 Å². The Morgan fingerprint density at radius 3 is 2.59 bits per heavy atom. The van der Waals surface area contributed by atoms with E-state index >= 15 is 0 Å². The molecule has 1 aliphatic rings. The first-order valence-electron chi connectivity index (χ1n) is 7.07. The minimum Gasteiger partial charge on any atom is -0.462 e. The standard InChI is InChI=1S/C17H20O5/c1-17(2)11-21-16(19)14(17)22-15(18)13(20-3)10-9-12-7-5-4-6-8-12/h4-10,13-14H,11H2,1-3H3/b10-9+/t13-,14-/m0/s1. The summed E-state index contributed by atoms with van der Waals surface area (Å²) in [5.74, 6) is -1.12. The molecule has 0 aromatic heterocycles. The number of carbonyl (C=O) groups excluding carboxylic acids is 2. The first kappa shape index (κ1) is 16.2. The van der Waals surface area contributed by atoms with Gasteiger partial charge in [-0.1, -0.05) is 50.3 Å². The highest BCUT2D eigenvalue weighted by molar-refractivity contribution is 5.84. The summed E-state index contributed by atoms with van der Waals surface area (Å²) in [6.07, 6.45) is 1.60. The number of esters is 2. The van der Waals surface area contributed by atoms with Crippen LogP contribution >= 0.6 is 0 Å². The van der Waals surface area contributed by atoms with E-state index in [1.807, 2.05) is 44.2 Å². The molecular weight excluding hydrogens is 284 g/mol. The third kappa shape index (κ3) is 3.74. The lowest BCUT2D eigenvalue weighted by Crippen LogP contribution is -2.38. The molecule has 1 aliphatic heterocycles. The van der Waals surface area contributed by atoms with Gasteiger partial charge in [0.2, 0.25) is 6.10 Å². The van der Waals surface area contributed by atoms with Crippen molar-refractivity contribution in [2.45, 2.75) is 26.1 Å². The summed E-state index contributed by atoms with van der Waals surface area (Å²) in [4.78, 5) is 23.8. The zero-order chi connectivity index (χ0) is 16.2. The molecular formula is C17H20O5. The topological polar surface area (TPSA) is 61.8 Å². The molecule has 1 heterocycles. The van der Waals surface area contributed by atoms with Gasteiger partial charge >= 0.3 is 11.9 Å². The van der Waals surface area contributed by atoms with Gasteiger partial charge in [0.05, 0.1) is 0 Å². The third-order valence-corrected chi connectivity index (χ3v) is 3.49. The summed E-state index contributed by atoms with van der Waals surface area (Å²) in [7, 11) is 1.42. The molecule has 0 N–H and O–H groups in total. The number of benzene rings is 1. The monoisotopic (exact) mass is 304 g/mol. The van der Waals surface area contributed by atoms with Crippen molar-refractivity contribution in [2.24, 2.45) is 5.41 Å². The molecule has 0 radical (unpaired) electrons. The van der Waals surface area contributed by atoms with Crippen LogP contribution in [0.2, 0.25) is 0 Å². The number of rotatable bonds is 5. The minimum absolute atomic E-state index is 0.237. The Morgan fingerprint density at radius 1 is 1.36 bits per heavy atom. The fourth-order valence-electron chi connectivity index (χ4n) is 2.13. The number of carbonyl (C=O) groups is 2. The van der Waals surface area contributed by atoms with Crippen LogP contribution in [0.5, 0.6) is 0 Å². The summed E-state index contributed by atoms with van der Waals surface area (Å²) in [6, 6.07) is 9.53. The Hall–Kier alpha value is -2.14. The van der Waals surface area contributed by atoms with Gasteiger partial charge in [-0.15, -0.1) is 0 Å². The van der Waals surface area contributed by atoms with Gasteiger partial charge < -0.3 is 14.2 Å². The maximum absolute atomic E-state index is 12.2. The summed E-state index contributed by atoms with van der Waals surface area (Å²) in [5.41, 5.74) is 0.409. The molecule has 1 fully saturated rings. The van der Waals surface area contributed by atoms with Crippen LogP contribution in [0, 0.1) is 5.41 Å². The molecule has 0 saturated carbocycles. The van der Waals surface area contributed by atoms with Crippen molar-refractivity contribution in [2.75, 3.05) is 13.7 Å². The molecule has 0 aliphatic carbocycles. The van der Waals surface area contributed by atoms with Crippen LogP contribution in [0.4, 0.5) is 0 Å². The lowest BCUT2D eigenvalue weighted by molar-refractivity contribution is -0.168. The van der Waals surface area contributed by atoms with Crippen LogP contribution in [-0.2, 0) is 23.8 Å². The smallest absolute Gasteiger partial charge is 0.348 e. The Labute approximate surface area is 129 Å². The van der Waals surface area contributed by atoms with Crippen molar-refractivity contribution in [3.8, 4) is 0 Å². The normalized spacial score (nSPS) is 21.6. The van der Waals surface area contributed by atoms with Gasteiger partial charge in [-0.3, -0.25) is 0 Å². The van der Waals surface area contributed by atoms with E-state index in [0.717, 1.165) is 5.56 Å². The molecule has 2 atom stereocenters. The zero-order valence-electron chi connectivity index (χ0n) is 12.9. The average Bonchev–Trinajstić information content (AvgIpc) is 2.76. The van der Waals surface area contributed by atoms with Crippen molar-refractivity contribution in [3.05, 3.63) is 42.0 Å². The summed E-state index contributed by atoms with van der Waals surface area (Å²) < 4.78 is 15.4. The van der Waals surface area contributed by atoms with Crippen LogP contribution in [0.25, 0.3) is 6.08 Å². The SMILES string of the molecule is CO[C@@H](/C=C/c1ccccc1)C(=O)O[C@H]1C(=O)OCC1(C)C. The predicted molar refractivity (Wildman–Crippen MR) is 80.9 cm³/mol. The van der Waals surface area contributed by atoms with E-state index in [9.17, 15) is 9.59 Å². The first-order chi connectivity index (χ1) is 10.4. The van der Waals surface area contributed by atoms with Crippen LogP contribution in [0.1, 0.15) is 19.4 Å². The molecule has 1 aromatic carbocycles. The van der Waals surface area contributed by atoms with E-state index in [2.05, 4.69) is 0 Å². The highest BCUT2D eigenvalue weighted by Crippen LogP contribution is 2.31. The zero-order valence-corrected chi connectivity index (χ0v) is 12.9. The number of hydrogen-bond donors (Lipinski definition) is 0. The summed E-state index contributed by atoms with van der Waals surface area (Å²) >= 11 is 0. The Morgan fingerprint density at radius 2 is 2.05 bits per heavy atom. The fraction of sp³-hybridized carbons (Fsp3) is 0.412. The minimum atomic E-state index is -0.900. The largest absolute Gasteiger partial charge is 0.462 e. The van der Waals surface area contributed by atoms with Gasteiger partial charge in [-0.2, -0.15) is 0 Å². The van der Waals surface area contributed by atoms with Crippen LogP contribution in [0.15, 0.2) is 36.4 Å². The second kappa shape index (κ2) is 6.75. The molecule has 0 amide bonds. The van der Waals surface area contributed by atoms with E-state index in [0.29, 0.717) is 0 Å². The second-order valence-electron chi connectivity index (χ2n) is 5.84. The number of cyclic esters (lactones) is 1. The summed E-state index contributed by atoms with van der Waals surface area (Å²) in [5, 5.41) is 0. The van der Waals surface area contributed by atoms with E-state index in [4.69, 9.17) is 14.2 Å². The molecule has 1 aromatic rings. The molecule has 5 nitrogen and oxygen atoms in total. The maximum Gasteiger partial charge on any atom is 0.348 e. The molecule has 1 saturated heterocycles. The quantitative estimate of drug-likeness (QED) is 0.781. The molecule has 22 heavy (non-hydrogen) atoms. The van der Waals surface area contributed by atoms with Gasteiger partial charge in [0.1, 0.15) is 6.61 Å². The number of methoxy groups -OCH3 is 1. The van der Waals surface area contributed by atoms with Gasteiger partial charge in [-0.25, -0.2) is 9.59 Å². The van der Waals surface area contributed by atoms with E-state index in [-0.39, 0.29) is 6.61 Å². The van der Waals surface area contributed by atoms with Crippen LogP contribution in [-0.4, -0.2) is 37.9 Å². The van der Waals surface area contributed by atoms with E-state index in [1.165, 1.54) is 7.11 Å². The van der Waals surface area contributed by atoms with E-state index in [1.54, 1.807) is 12.2 Å². The molecule has 118 valence electrons. The second-order valence-corrected chi connectivity index (χ2v) is 5.84. The molecule has 2 rings (SSSR count). The molecule has 0 unspecified atom stereocenters. The van der Waals surface area contributed by atoms with Crippen molar-refractivity contribution < 1.29 is 23.8 Å². The number of hydrogen-bond acceptors (Lipinski definition) is 5.